The maximum atomic E-state index is 12.0. The van der Waals surface area contributed by atoms with Crippen molar-refractivity contribution in [1.82, 2.24) is 15.3 Å². The van der Waals surface area contributed by atoms with Gasteiger partial charge in [-0.1, -0.05) is 6.07 Å². The Hall–Kier alpha value is -2.96. The summed E-state index contributed by atoms with van der Waals surface area (Å²) < 4.78 is 5.06. The third-order valence-electron chi connectivity index (χ3n) is 2.75. The maximum Gasteiger partial charge on any atom is 0.354 e. The predicted octanol–water partition coefficient (Wildman–Crippen LogP) is 1.11. The largest absolute Gasteiger partial charge is 0.494 e. The van der Waals surface area contributed by atoms with Crippen LogP contribution >= 0.6 is 0 Å². The molecule has 0 aromatic carbocycles. The number of hydrogen-bond acceptors (Lipinski definition) is 5. The molecule has 108 valence electrons. The molecule has 0 radical (unpaired) electrons. The van der Waals surface area contributed by atoms with Crippen LogP contribution in [0.2, 0.25) is 0 Å². The number of carbonyl (C=O) groups excluding carboxylic acids is 1. The molecule has 2 rings (SSSR count). The van der Waals surface area contributed by atoms with Crippen molar-refractivity contribution in [1.29, 1.82) is 0 Å². The number of methoxy groups -OCH3 is 1. The van der Waals surface area contributed by atoms with E-state index in [4.69, 9.17) is 9.84 Å². The summed E-state index contributed by atoms with van der Waals surface area (Å²) in [5.41, 5.74) is 1.03. The van der Waals surface area contributed by atoms with Gasteiger partial charge in [-0.3, -0.25) is 9.78 Å². The van der Waals surface area contributed by atoms with Gasteiger partial charge in [0, 0.05) is 18.9 Å². The van der Waals surface area contributed by atoms with E-state index in [0.717, 1.165) is 0 Å². The van der Waals surface area contributed by atoms with Gasteiger partial charge in [-0.25, -0.2) is 9.78 Å². The first kappa shape index (κ1) is 14.4. The van der Waals surface area contributed by atoms with Crippen molar-refractivity contribution in [2.45, 2.75) is 6.54 Å². The molecule has 0 fully saturated rings. The van der Waals surface area contributed by atoms with E-state index in [2.05, 4.69) is 15.3 Å². The second-order valence-electron chi connectivity index (χ2n) is 4.12. The van der Waals surface area contributed by atoms with Gasteiger partial charge in [0.15, 0.2) is 0 Å². The summed E-state index contributed by atoms with van der Waals surface area (Å²) in [5.74, 6) is -1.02. The van der Waals surface area contributed by atoms with Crippen molar-refractivity contribution in [3.8, 4) is 5.75 Å². The minimum absolute atomic E-state index is 0.0409. The first-order valence-corrected chi connectivity index (χ1v) is 6.06. The molecule has 0 aliphatic rings. The van der Waals surface area contributed by atoms with E-state index >= 15 is 0 Å². The molecule has 0 atom stereocenters. The Morgan fingerprint density at radius 1 is 1.29 bits per heavy atom. The lowest BCUT2D eigenvalue weighted by atomic mass is 10.2. The summed E-state index contributed by atoms with van der Waals surface area (Å²) in [6, 6.07) is 4.54. The molecule has 0 unspecified atom stereocenters. The summed E-state index contributed by atoms with van der Waals surface area (Å²) in [6.07, 6.45) is 4.37. The molecular formula is C14H13N3O4. The van der Waals surface area contributed by atoms with Crippen LogP contribution in [0.25, 0.3) is 0 Å². The van der Waals surface area contributed by atoms with Crippen molar-refractivity contribution in [2.75, 3.05) is 7.11 Å². The van der Waals surface area contributed by atoms with E-state index in [1.807, 2.05) is 0 Å². The maximum absolute atomic E-state index is 12.0. The first-order chi connectivity index (χ1) is 10.1. The summed E-state index contributed by atoms with van der Waals surface area (Å²) in [4.78, 5) is 30.4. The zero-order valence-corrected chi connectivity index (χ0v) is 11.2. The minimum Gasteiger partial charge on any atom is -0.494 e. The topological polar surface area (TPSA) is 101 Å². The lowest BCUT2D eigenvalue weighted by Gasteiger charge is -2.08. The number of carboxylic acids is 1. The van der Waals surface area contributed by atoms with Crippen molar-refractivity contribution in [3.63, 3.8) is 0 Å². The Bertz CT molecular complexity index is 656. The fourth-order valence-electron chi connectivity index (χ4n) is 1.66. The molecule has 0 saturated heterocycles. The Labute approximate surface area is 120 Å². The number of rotatable bonds is 5. The van der Waals surface area contributed by atoms with Crippen LogP contribution in [-0.4, -0.2) is 34.1 Å². The predicted molar refractivity (Wildman–Crippen MR) is 73.2 cm³/mol. The number of aromatic nitrogens is 2. The van der Waals surface area contributed by atoms with Crippen LogP contribution in [-0.2, 0) is 6.54 Å². The lowest BCUT2D eigenvalue weighted by Crippen LogP contribution is -2.23. The van der Waals surface area contributed by atoms with Gasteiger partial charge in [0.05, 0.1) is 18.9 Å². The molecule has 0 aliphatic carbocycles. The zero-order valence-electron chi connectivity index (χ0n) is 11.2. The Balaban J connectivity index is 2.02. The van der Waals surface area contributed by atoms with E-state index in [1.165, 1.54) is 31.8 Å². The van der Waals surface area contributed by atoms with Gasteiger partial charge in [0.25, 0.3) is 5.91 Å². The number of nitrogens with one attached hydrogen (secondary N) is 1. The highest BCUT2D eigenvalue weighted by atomic mass is 16.5. The second-order valence-corrected chi connectivity index (χ2v) is 4.12. The van der Waals surface area contributed by atoms with Crippen LogP contribution in [0.4, 0.5) is 0 Å². The average molecular weight is 287 g/mol. The number of nitrogens with zero attached hydrogens (tertiary/aromatic N) is 2. The highest BCUT2D eigenvalue weighted by Gasteiger charge is 2.11. The molecule has 0 aliphatic heterocycles. The van der Waals surface area contributed by atoms with Crippen LogP contribution in [0.15, 0.2) is 36.8 Å². The fraction of sp³-hybridized carbons (Fsp3) is 0.143. The summed E-state index contributed by atoms with van der Waals surface area (Å²) in [5, 5.41) is 11.5. The molecule has 7 nitrogen and oxygen atoms in total. The fourth-order valence-corrected chi connectivity index (χ4v) is 1.66. The van der Waals surface area contributed by atoms with Crippen molar-refractivity contribution in [3.05, 3.63) is 53.6 Å². The number of carboxylic acid groups (broad SMARTS) is 1. The molecule has 0 bridgehead atoms. The third-order valence-corrected chi connectivity index (χ3v) is 2.75. The molecule has 2 aromatic rings. The first-order valence-electron chi connectivity index (χ1n) is 6.06. The number of ether oxygens (including phenoxy) is 1. The molecule has 0 saturated carbocycles. The summed E-state index contributed by atoms with van der Waals surface area (Å²) in [7, 11) is 1.46. The smallest absolute Gasteiger partial charge is 0.354 e. The van der Waals surface area contributed by atoms with Crippen LogP contribution in [0.5, 0.6) is 5.75 Å². The van der Waals surface area contributed by atoms with E-state index in [1.54, 1.807) is 12.1 Å². The van der Waals surface area contributed by atoms with Crippen LogP contribution in [0, 0.1) is 0 Å². The van der Waals surface area contributed by atoms with Crippen LogP contribution in [0.1, 0.15) is 26.4 Å². The summed E-state index contributed by atoms with van der Waals surface area (Å²) >= 11 is 0. The van der Waals surface area contributed by atoms with Gasteiger partial charge in [-0.05, 0) is 17.7 Å². The molecule has 21 heavy (non-hydrogen) atoms. The van der Waals surface area contributed by atoms with E-state index in [-0.39, 0.29) is 18.1 Å². The van der Waals surface area contributed by atoms with Crippen LogP contribution < -0.4 is 10.1 Å². The summed E-state index contributed by atoms with van der Waals surface area (Å²) in [6.45, 7) is 0.233. The molecule has 2 aromatic heterocycles. The molecule has 0 spiro atoms. The molecule has 7 heteroatoms. The quantitative estimate of drug-likeness (QED) is 0.854. The van der Waals surface area contributed by atoms with Gasteiger partial charge in [0.1, 0.15) is 11.4 Å². The molecular weight excluding hydrogens is 274 g/mol. The minimum atomic E-state index is -1.09. The van der Waals surface area contributed by atoms with E-state index in [9.17, 15) is 9.59 Å². The lowest BCUT2D eigenvalue weighted by molar-refractivity contribution is 0.0690. The zero-order chi connectivity index (χ0) is 15.2. The number of hydrogen-bond donors (Lipinski definition) is 2. The SMILES string of the molecule is COc1cnccc1C(=O)NCc1ccc(C(=O)O)nc1. The number of aromatic carboxylic acids is 1. The van der Waals surface area contributed by atoms with Crippen molar-refractivity contribution < 1.29 is 19.4 Å². The van der Waals surface area contributed by atoms with Gasteiger partial charge >= 0.3 is 5.97 Å². The second kappa shape index (κ2) is 6.47. The number of carbonyl (C=O) groups is 2. The molecule has 2 heterocycles. The molecule has 2 N–H and O–H groups in total. The Morgan fingerprint density at radius 2 is 2.10 bits per heavy atom. The van der Waals surface area contributed by atoms with E-state index in [0.29, 0.717) is 16.9 Å². The normalized spacial score (nSPS) is 9.95. The van der Waals surface area contributed by atoms with Crippen molar-refractivity contribution in [2.24, 2.45) is 0 Å². The number of pyridine rings is 2. The van der Waals surface area contributed by atoms with Crippen LogP contribution in [0.3, 0.4) is 0 Å². The highest BCUT2D eigenvalue weighted by Crippen LogP contribution is 2.15. The van der Waals surface area contributed by atoms with Gasteiger partial charge < -0.3 is 15.2 Å². The third kappa shape index (κ3) is 3.53. The monoisotopic (exact) mass is 287 g/mol. The van der Waals surface area contributed by atoms with Gasteiger partial charge in [-0.2, -0.15) is 0 Å². The standard InChI is InChI=1S/C14H13N3O4/c1-21-12-8-15-5-4-10(12)13(18)17-7-9-2-3-11(14(19)20)16-6-9/h2-6,8H,7H2,1H3,(H,17,18)(H,19,20). The highest BCUT2D eigenvalue weighted by molar-refractivity contribution is 5.96. The van der Waals surface area contributed by atoms with E-state index < -0.39 is 5.97 Å². The average Bonchev–Trinajstić information content (AvgIpc) is 2.52. The van der Waals surface area contributed by atoms with Gasteiger partial charge in [0.2, 0.25) is 0 Å². The molecule has 1 amide bonds. The Morgan fingerprint density at radius 3 is 2.71 bits per heavy atom. The Kier molecular flexibility index (Phi) is 4.45. The number of amides is 1. The van der Waals surface area contributed by atoms with Gasteiger partial charge in [-0.15, -0.1) is 0 Å². The van der Waals surface area contributed by atoms with Crippen molar-refractivity contribution >= 4 is 11.9 Å².